The Kier molecular flexibility index (Phi) is 5.91. The van der Waals surface area contributed by atoms with E-state index in [2.05, 4.69) is 24.1 Å². The Morgan fingerprint density at radius 1 is 1.19 bits per heavy atom. The Balaban J connectivity index is 1.72. The van der Waals surface area contributed by atoms with Crippen LogP contribution in [0.2, 0.25) is 0 Å². The Morgan fingerprint density at radius 3 is 2.59 bits per heavy atom. The molecule has 7 heteroatoms. The van der Waals surface area contributed by atoms with E-state index in [1.807, 2.05) is 60.0 Å². The Morgan fingerprint density at radius 2 is 1.91 bits per heavy atom. The van der Waals surface area contributed by atoms with Gasteiger partial charge in [0.1, 0.15) is 11.3 Å². The molecule has 1 aliphatic rings. The van der Waals surface area contributed by atoms with Gasteiger partial charge in [-0.1, -0.05) is 38.1 Å². The van der Waals surface area contributed by atoms with Gasteiger partial charge in [0.15, 0.2) is 5.82 Å². The molecule has 0 aliphatic carbocycles. The van der Waals surface area contributed by atoms with Crippen molar-refractivity contribution in [2.45, 2.75) is 45.8 Å². The van der Waals surface area contributed by atoms with E-state index in [0.29, 0.717) is 31.4 Å². The molecule has 1 aliphatic heterocycles. The summed E-state index contributed by atoms with van der Waals surface area (Å²) < 4.78 is 7.12. The average Bonchev–Trinajstić information content (AvgIpc) is 3.15. The second-order valence-corrected chi connectivity index (χ2v) is 8.96. The van der Waals surface area contributed by atoms with Gasteiger partial charge < -0.3 is 19.5 Å². The summed E-state index contributed by atoms with van der Waals surface area (Å²) in [6.45, 7) is 7.32. The monoisotopic (exact) mass is 434 g/mol. The number of carbonyl (C=O) groups excluding carboxylic acids is 2. The third-order valence-electron chi connectivity index (χ3n) is 6.15. The molecule has 2 heterocycles. The fourth-order valence-electron chi connectivity index (χ4n) is 4.16. The van der Waals surface area contributed by atoms with Crippen LogP contribution >= 0.6 is 0 Å². The van der Waals surface area contributed by atoms with Gasteiger partial charge in [-0.2, -0.15) is 0 Å². The number of ether oxygens (including phenoxy) is 1. The number of benzene rings is 2. The molecule has 2 amide bonds. The number of rotatable bonds is 7. The number of imidazole rings is 1. The highest BCUT2D eigenvalue weighted by Crippen LogP contribution is 2.32. The van der Waals surface area contributed by atoms with Gasteiger partial charge in [0.2, 0.25) is 5.91 Å². The molecule has 7 nitrogen and oxygen atoms in total. The van der Waals surface area contributed by atoms with E-state index in [0.717, 1.165) is 28.8 Å². The first-order chi connectivity index (χ1) is 15.3. The summed E-state index contributed by atoms with van der Waals surface area (Å²) in [5.74, 6) is 1.20. The molecule has 1 atom stereocenters. The number of carbonyl (C=O) groups is 2. The van der Waals surface area contributed by atoms with Crippen LogP contribution in [0.4, 0.5) is 0 Å². The van der Waals surface area contributed by atoms with Gasteiger partial charge in [0, 0.05) is 13.1 Å². The van der Waals surface area contributed by atoms with Crippen molar-refractivity contribution in [1.82, 2.24) is 19.8 Å². The lowest BCUT2D eigenvalue weighted by Crippen LogP contribution is -2.63. The number of amides is 2. The molecule has 0 bridgehead atoms. The van der Waals surface area contributed by atoms with Crippen LogP contribution in [0.1, 0.15) is 43.4 Å². The molecule has 32 heavy (non-hydrogen) atoms. The normalized spacial score (nSPS) is 18.2. The van der Waals surface area contributed by atoms with Gasteiger partial charge in [0.25, 0.3) is 5.91 Å². The third kappa shape index (κ3) is 3.95. The number of nitrogens with zero attached hydrogens (tertiary/aromatic N) is 3. The number of para-hydroxylation sites is 2. The molecule has 0 fully saturated rings. The lowest BCUT2D eigenvalue weighted by molar-refractivity contribution is -0.133. The van der Waals surface area contributed by atoms with Crippen LogP contribution in [0.3, 0.4) is 0 Å². The summed E-state index contributed by atoms with van der Waals surface area (Å²) in [5, 5.41) is 3.06. The molecule has 1 aromatic heterocycles. The van der Waals surface area contributed by atoms with Crippen LogP contribution in [0.25, 0.3) is 11.0 Å². The topological polar surface area (TPSA) is 76.5 Å². The fourth-order valence-corrected chi connectivity index (χ4v) is 4.16. The summed E-state index contributed by atoms with van der Waals surface area (Å²) in [4.78, 5) is 33.3. The number of hydrogen-bond donors (Lipinski definition) is 1. The van der Waals surface area contributed by atoms with Gasteiger partial charge in [-0.05, 0) is 49.1 Å². The number of hydrogen-bond acceptors (Lipinski definition) is 4. The largest absolute Gasteiger partial charge is 0.497 e. The molecular formula is C25H30N4O3. The van der Waals surface area contributed by atoms with E-state index >= 15 is 0 Å². The van der Waals surface area contributed by atoms with Gasteiger partial charge in [-0.3, -0.25) is 9.59 Å². The predicted octanol–water partition coefficient (Wildman–Crippen LogP) is 3.62. The summed E-state index contributed by atoms with van der Waals surface area (Å²) >= 11 is 0. The first kappa shape index (κ1) is 21.9. The van der Waals surface area contributed by atoms with Crippen molar-refractivity contribution in [2.24, 2.45) is 5.92 Å². The third-order valence-corrected chi connectivity index (χ3v) is 6.15. The SMILES string of the molecule is COc1ccc(CN2C(=O)c3nc4ccccc4n3C[C@@]2(C)C(=O)NCCC(C)C)cc1. The second kappa shape index (κ2) is 8.65. The van der Waals surface area contributed by atoms with Crippen LogP contribution in [-0.2, 0) is 17.9 Å². The van der Waals surface area contributed by atoms with E-state index < -0.39 is 5.54 Å². The molecule has 3 aromatic rings. The molecular weight excluding hydrogens is 404 g/mol. The second-order valence-electron chi connectivity index (χ2n) is 8.96. The molecule has 0 saturated heterocycles. The average molecular weight is 435 g/mol. The van der Waals surface area contributed by atoms with E-state index in [1.165, 1.54) is 0 Å². The minimum absolute atomic E-state index is 0.150. The molecule has 1 N–H and O–H groups in total. The maximum Gasteiger partial charge on any atom is 0.291 e. The van der Waals surface area contributed by atoms with Gasteiger partial charge >= 0.3 is 0 Å². The van der Waals surface area contributed by atoms with Crippen LogP contribution in [0, 0.1) is 5.92 Å². The van der Waals surface area contributed by atoms with Gasteiger partial charge in [-0.15, -0.1) is 0 Å². The standard InChI is InChI=1S/C25H30N4O3/c1-17(2)13-14-26-24(31)25(3)16-28-21-8-6-5-7-20(21)27-22(28)23(30)29(25)15-18-9-11-19(32-4)12-10-18/h5-12,17H,13-16H2,1-4H3,(H,26,31)/t25-/m0/s1. The molecule has 0 spiro atoms. The van der Waals surface area contributed by atoms with Gasteiger partial charge in [0.05, 0.1) is 24.7 Å². The van der Waals surface area contributed by atoms with Crippen LogP contribution in [0.5, 0.6) is 5.75 Å². The van der Waals surface area contributed by atoms with E-state index in [9.17, 15) is 9.59 Å². The van der Waals surface area contributed by atoms with Crippen molar-refractivity contribution < 1.29 is 14.3 Å². The number of methoxy groups -OCH3 is 1. The minimum Gasteiger partial charge on any atom is -0.497 e. The first-order valence-electron chi connectivity index (χ1n) is 11.0. The van der Waals surface area contributed by atoms with E-state index in [1.54, 1.807) is 12.0 Å². The summed E-state index contributed by atoms with van der Waals surface area (Å²) in [6.07, 6.45) is 0.882. The van der Waals surface area contributed by atoms with Gasteiger partial charge in [-0.25, -0.2) is 4.98 Å². The maximum atomic E-state index is 13.7. The Bertz CT molecular complexity index is 1140. The van der Waals surface area contributed by atoms with Crippen LogP contribution < -0.4 is 10.1 Å². The molecule has 0 radical (unpaired) electrons. The smallest absolute Gasteiger partial charge is 0.291 e. The summed E-state index contributed by atoms with van der Waals surface area (Å²) in [7, 11) is 1.62. The molecule has 168 valence electrons. The lowest BCUT2D eigenvalue weighted by Gasteiger charge is -2.43. The van der Waals surface area contributed by atoms with Crippen LogP contribution in [-0.4, -0.2) is 45.5 Å². The summed E-state index contributed by atoms with van der Waals surface area (Å²) in [6, 6.07) is 15.2. The van der Waals surface area contributed by atoms with Crippen molar-refractivity contribution in [2.75, 3.05) is 13.7 Å². The number of nitrogens with one attached hydrogen (secondary N) is 1. The highest BCUT2D eigenvalue weighted by atomic mass is 16.5. The van der Waals surface area contributed by atoms with Crippen molar-refractivity contribution in [3.05, 3.63) is 59.9 Å². The van der Waals surface area contributed by atoms with E-state index in [4.69, 9.17) is 4.74 Å². The van der Waals surface area contributed by atoms with E-state index in [-0.39, 0.29) is 11.8 Å². The number of aromatic nitrogens is 2. The van der Waals surface area contributed by atoms with Crippen LogP contribution in [0.15, 0.2) is 48.5 Å². The molecule has 2 aromatic carbocycles. The zero-order valence-electron chi connectivity index (χ0n) is 19.1. The lowest BCUT2D eigenvalue weighted by atomic mass is 9.94. The highest BCUT2D eigenvalue weighted by Gasteiger charge is 2.48. The zero-order chi connectivity index (χ0) is 22.9. The molecule has 0 saturated carbocycles. The van der Waals surface area contributed by atoms with Crippen molar-refractivity contribution in [3.8, 4) is 5.75 Å². The first-order valence-corrected chi connectivity index (χ1v) is 11.0. The fraction of sp³-hybridized carbons (Fsp3) is 0.400. The Labute approximate surface area is 188 Å². The number of fused-ring (bicyclic) bond motifs is 3. The van der Waals surface area contributed by atoms with Crippen molar-refractivity contribution in [3.63, 3.8) is 0 Å². The predicted molar refractivity (Wildman–Crippen MR) is 123 cm³/mol. The Hall–Kier alpha value is -3.35. The maximum absolute atomic E-state index is 13.7. The zero-order valence-corrected chi connectivity index (χ0v) is 19.1. The van der Waals surface area contributed by atoms with Crippen molar-refractivity contribution >= 4 is 22.8 Å². The molecule has 0 unspecified atom stereocenters. The quantitative estimate of drug-likeness (QED) is 0.616. The summed E-state index contributed by atoms with van der Waals surface area (Å²) in [5.41, 5.74) is 1.49. The minimum atomic E-state index is -1.05. The molecule has 4 rings (SSSR count). The van der Waals surface area contributed by atoms with Crippen molar-refractivity contribution in [1.29, 1.82) is 0 Å². The highest BCUT2D eigenvalue weighted by molar-refractivity contribution is 6.01.